The van der Waals surface area contributed by atoms with Crippen LogP contribution in [-0.2, 0) is 9.59 Å². The summed E-state index contributed by atoms with van der Waals surface area (Å²) in [4.78, 5) is 27.8. The predicted octanol–water partition coefficient (Wildman–Crippen LogP) is 0.842. The fourth-order valence-electron chi connectivity index (χ4n) is 2.34. The molecule has 1 rings (SSSR count). The van der Waals surface area contributed by atoms with Crippen molar-refractivity contribution < 1.29 is 9.59 Å². The number of carbonyl (C=O) groups is 2. The van der Waals surface area contributed by atoms with Crippen LogP contribution in [0.3, 0.4) is 0 Å². The van der Waals surface area contributed by atoms with Gasteiger partial charge in [-0.05, 0) is 33.9 Å². The van der Waals surface area contributed by atoms with Crippen molar-refractivity contribution in [1.82, 2.24) is 15.1 Å². The van der Waals surface area contributed by atoms with Gasteiger partial charge in [0.2, 0.25) is 11.8 Å². The van der Waals surface area contributed by atoms with Crippen molar-refractivity contribution in [3.05, 3.63) is 0 Å². The van der Waals surface area contributed by atoms with Crippen LogP contribution < -0.4 is 5.32 Å². The standard InChI is InChI=1S/C14H27N3O2/c1-6-11(7-2)17-13(18)8-12(14(17)19)15-9-10(3)16(4)5/h10-12,15H,6-9H2,1-5H3. The van der Waals surface area contributed by atoms with Gasteiger partial charge in [0.05, 0.1) is 12.5 Å². The summed E-state index contributed by atoms with van der Waals surface area (Å²) in [7, 11) is 4.01. The van der Waals surface area contributed by atoms with Gasteiger partial charge in [0.1, 0.15) is 0 Å². The molecule has 0 aromatic carbocycles. The number of rotatable bonds is 7. The number of likely N-dealkylation sites (tertiary alicyclic amines) is 1. The van der Waals surface area contributed by atoms with Crippen LogP contribution in [0.2, 0.25) is 0 Å². The molecule has 2 unspecified atom stereocenters. The molecule has 1 aliphatic rings. The van der Waals surface area contributed by atoms with E-state index in [0.717, 1.165) is 12.8 Å². The minimum Gasteiger partial charge on any atom is -0.305 e. The highest BCUT2D eigenvalue weighted by molar-refractivity contribution is 6.05. The molecule has 1 aliphatic heterocycles. The number of hydrogen-bond acceptors (Lipinski definition) is 4. The molecule has 0 aromatic rings. The summed E-state index contributed by atoms with van der Waals surface area (Å²) >= 11 is 0. The summed E-state index contributed by atoms with van der Waals surface area (Å²) in [5.41, 5.74) is 0. The average molecular weight is 269 g/mol. The number of likely N-dealkylation sites (N-methyl/N-ethyl adjacent to an activating group) is 1. The molecule has 0 radical (unpaired) electrons. The van der Waals surface area contributed by atoms with Crippen molar-refractivity contribution in [3.8, 4) is 0 Å². The first-order valence-corrected chi connectivity index (χ1v) is 7.18. The third kappa shape index (κ3) is 3.76. The highest BCUT2D eigenvalue weighted by Crippen LogP contribution is 2.20. The first-order valence-electron chi connectivity index (χ1n) is 7.18. The Labute approximate surface area is 116 Å². The monoisotopic (exact) mass is 269 g/mol. The van der Waals surface area contributed by atoms with Gasteiger partial charge in [0.15, 0.2) is 0 Å². The zero-order valence-electron chi connectivity index (χ0n) is 12.8. The largest absolute Gasteiger partial charge is 0.305 e. The lowest BCUT2D eigenvalue weighted by molar-refractivity contribution is -0.141. The van der Waals surface area contributed by atoms with Crippen molar-refractivity contribution in [2.24, 2.45) is 0 Å². The van der Waals surface area contributed by atoms with E-state index < -0.39 is 0 Å². The topological polar surface area (TPSA) is 52.7 Å². The van der Waals surface area contributed by atoms with E-state index in [9.17, 15) is 9.59 Å². The molecule has 1 saturated heterocycles. The zero-order valence-corrected chi connectivity index (χ0v) is 12.8. The van der Waals surface area contributed by atoms with Gasteiger partial charge in [-0.15, -0.1) is 0 Å². The van der Waals surface area contributed by atoms with E-state index in [4.69, 9.17) is 0 Å². The Bertz CT molecular complexity index is 327. The summed E-state index contributed by atoms with van der Waals surface area (Å²) in [6.45, 7) is 6.84. The van der Waals surface area contributed by atoms with Gasteiger partial charge in [-0.1, -0.05) is 13.8 Å². The van der Waals surface area contributed by atoms with E-state index in [1.165, 1.54) is 4.90 Å². The molecule has 2 atom stereocenters. The molecule has 19 heavy (non-hydrogen) atoms. The second-order valence-electron chi connectivity index (χ2n) is 5.55. The molecule has 0 aliphatic carbocycles. The van der Waals surface area contributed by atoms with Crippen LogP contribution in [0, 0.1) is 0 Å². The number of hydrogen-bond donors (Lipinski definition) is 1. The van der Waals surface area contributed by atoms with E-state index in [1.807, 2.05) is 27.9 Å². The predicted molar refractivity (Wildman–Crippen MR) is 75.8 cm³/mol. The number of nitrogens with zero attached hydrogens (tertiary/aromatic N) is 2. The van der Waals surface area contributed by atoms with Gasteiger partial charge in [-0.3, -0.25) is 14.5 Å². The molecule has 1 N–H and O–H groups in total. The van der Waals surface area contributed by atoms with Gasteiger partial charge in [0, 0.05) is 18.6 Å². The van der Waals surface area contributed by atoms with Crippen molar-refractivity contribution in [1.29, 1.82) is 0 Å². The molecule has 5 nitrogen and oxygen atoms in total. The van der Waals surface area contributed by atoms with Crippen molar-refractivity contribution in [2.75, 3.05) is 20.6 Å². The highest BCUT2D eigenvalue weighted by atomic mass is 16.2. The molecule has 1 fully saturated rings. The summed E-state index contributed by atoms with van der Waals surface area (Å²) in [5, 5.41) is 3.22. The Morgan fingerprint density at radius 3 is 2.37 bits per heavy atom. The van der Waals surface area contributed by atoms with Gasteiger partial charge in [-0.2, -0.15) is 0 Å². The number of nitrogens with one attached hydrogen (secondary N) is 1. The van der Waals surface area contributed by atoms with Crippen molar-refractivity contribution in [2.45, 2.75) is 58.2 Å². The summed E-state index contributed by atoms with van der Waals surface area (Å²) in [5.74, 6) is -0.0848. The lowest BCUT2D eigenvalue weighted by Crippen LogP contribution is -2.46. The van der Waals surface area contributed by atoms with E-state index in [2.05, 4.69) is 17.1 Å². The molecule has 110 valence electrons. The lowest BCUT2D eigenvalue weighted by atomic mass is 10.1. The molecule has 0 spiro atoms. The third-order valence-electron chi connectivity index (χ3n) is 4.03. The quantitative estimate of drug-likeness (QED) is 0.696. The van der Waals surface area contributed by atoms with Crippen LogP contribution >= 0.6 is 0 Å². The van der Waals surface area contributed by atoms with Crippen molar-refractivity contribution >= 4 is 11.8 Å². The molecule has 0 saturated carbocycles. The van der Waals surface area contributed by atoms with Crippen LogP contribution in [0.1, 0.15) is 40.0 Å². The summed E-state index contributed by atoms with van der Waals surface area (Å²) in [6, 6.07) is 0.0543. The normalized spacial score (nSPS) is 21.8. The first-order chi connectivity index (χ1) is 8.92. The fourth-order valence-corrected chi connectivity index (χ4v) is 2.34. The first kappa shape index (κ1) is 16.1. The van der Waals surface area contributed by atoms with Crippen LogP contribution in [0.15, 0.2) is 0 Å². The summed E-state index contributed by atoms with van der Waals surface area (Å²) in [6.07, 6.45) is 1.96. The number of amides is 2. The van der Waals surface area contributed by atoms with Gasteiger partial charge >= 0.3 is 0 Å². The van der Waals surface area contributed by atoms with E-state index in [-0.39, 0.29) is 23.9 Å². The maximum absolute atomic E-state index is 12.3. The van der Waals surface area contributed by atoms with Gasteiger partial charge in [0.25, 0.3) is 0 Å². The molecular weight excluding hydrogens is 242 g/mol. The number of imide groups is 1. The van der Waals surface area contributed by atoms with Crippen LogP contribution in [0.4, 0.5) is 0 Å². The van der Waals surface area contributed by atoms with E-state index in [1.54, 1.807) is 0 Å². The Morgan fingerprint density at radius 2 is 1.89 bits per heavy atom. The SMILES string of the molecule is CCC(CC)N1C(=O)CC(NCC(C)N(C)C)C1=O. The zero-order chi connectivity index (χ0) is 14.6. The fraction of sp³-hybridized carbons (Fsp3) is 0.857. The molecule has 5 heteroatoms. The van der Waals surface area contributed by atoms with Crippen molar-refractivity contribution in [3.63, 3.8) is 0 Å². The minimum atomic E-state index is -0.338. The second kappa shape index (κ2) is 7.01. The third-order valence-corrected chi connectivity index (χ3v) is 4.03. The summed E-state index contributed by atoms with van der Waals surface area (Å²) < 4.78 is 0. The maximum atomic E-state index is 12.3. The Hall–Kier alpha value is -0.940. The minimum absolute atomic E-state index is 0.0336. The Morgan fingerprint density at radius 1 is 1.32 bits per heavy atom. The molecule has 0 bridgehead atoms. The Balaban J connectivity index is 2.60. The van der Waals surface area contributed by atoms with Crippen LogP contribution in [0.5, 0.6) is 0 Å². The highest BCUT2D eigenvalue weighted by Gasteiger charge is 2.41. The molecule has 1 heterocycles. The van der Waals surface area contributed by atoms with Gasteiger partial charge < -0.3 is 10.2 Å². The number of carbonyl (C=O) groups excluding carboxylic acids is 2. The maximum Gasteiger partial charge on any atom is 0.247 e. The van der Waals surface area contributed by atoms with Gasteiger partial charge in [-0.25, -0.2) is 0 Å². The lowest BCUT2D eigenvalue weighted by Gasteiger charge is -2.25. The Kier molecular flexibility index (Phi) is 5.94. The smallest absolute Gasteiger partial charge is 0.247 e. The molecule has 0 aromatic heterocycles. The second-order valence-corrected chi connectivity index (χ2v) is 5.55. The van der Waals surface area contributed by atoms with Crippen LogP contribution in [0.25, 0.3) is 0 Å². The van der Waals surface area contributed by atoms with E-state index in [0.29, 0.717) is 19.0 Å². The van der Waals surface area contributed by atoms with Crippen LogP contribution in [-0.4, -0.2) is 60.4 Å². The van der Waals surface area contributed by atoms with E-state index >= 15 is 0 Å². The average Bonchev–Trinajstić information content (AvgIpc) is 2.65. The molecule has 2 amide bonds. The molecular formula is C14H27N3O2.